The molecule has 0 aliphatic carbocycles. The van der Waals surface area contributed by atoms with Crippen LogP contribution in [0.15, 0.2) is 46.9 Å². The molecule has 0 unspecified atom stereocenters. The van der Waals surface area contributed by atoms with Crippen molar-refractivity contribution in [2.75, 3.05) is 5.32 Å². The van der Waals surface area contributed by atoms with Crippen molar-refractivity contribution >= 4 is 28.3 Å². The highest BCUT2D eigenvalue weighted by Crippen LogP contribution is 2.30. The number of hydrogen-bond acceptors (Lipinski definition) is 3. The fraction of sp³-hybridized carbons (Fsp3) is 0.273. The maximum atomic E-state index is 12.8. The molecule has 3 aromatic rings. The van der Waals surface area contributed by atoms with Crippen LogP contribution in [-0.4, -0.2) is 11.7 Å². The lowest BCUT2D eigenvalue weighted by molar-refractivity contribution is -0.123. The minimum Gasteiger partial charge on any atom is -0.452 e. The molecule has 1 N–H and O–H groups in total. The van der Waals surface area contributed by atoms with Gasteiger partial charge in [0.1, 0.15) is 5.58 Å². The monoisotopic (exact) mass is 349 g/mol. The molecule has 0 aliphatic rings. The van der Waals surface area contributed by atoms with Crippen LogP contribution in [0.4, 0.5) is 5.69 Å². The Bertz CT molecular complexity index is 989. The molecule has 0 atom stereocenters. The number of carbonyl (C=O) groups excluding carboxylic acids is 2. The Morgan fingerprint density at radius 2 is 1.62 bits per heavy atom. The first-order chi connectivity index (χ1) is 12.2. The first-order valence-corrected chi connectivity index (χ1v) is 8.63. The van der Waals surface area contributed by atoms with Crippen LogP contribution in [0.5, 0.6) is 0 Å². The Kier molecular flexibility index (Phi) is 4.45. The number of rotatable bonds is 3. The number of carbonyl (C=O) groups is 2. The largest absolute Gasteiger partial charge is 0.452 e. The van der Waals surface area contributed by atoms with Gasteiger partial charge in [-0.2, -0.15) is 0 Å². The minimum atomic E-state index is -0.486. The second-order valence-corrected chi connectivity index (χ2v) is 7.67. The van der Waals surface area contributed by atoms with Crippen molar-refractivity contribution in [3.63, 3.8) is 0 Å². The van der Waals surface area contributed by atoms with Gasteiger partial charge in [0.15, 0.2) is 5.76 Å². The van der Waals surface area contributed by atoms with Crippen LogP contribution in [-0.2, 0) is 4.79 Å². The third-order valence-corrected chi connectivity index (χ3v) is 4.40. The number of amides is 1. The van der Waals surface area contributed by atoms with Crippen molar-refractivity contribution in [2.45, 2.75) is 34.6 Å². The van der Waals surface area contributed by atoms with Crippen molar-refractivity contribution in [2.24, 2.45) is 5.41 Å². The molecule has 4 heteroatoms. The Balaban J connectivity index is 1.96. The second kappa shape index (κ2) is 6.45. The Morgan fingerprint density at radius 3 is 2.23 bits per heavy atom. The van der Waals surface area contributed by atoms with Crippen LogP contribution in [0.2, 0.25) is 0 Å². The number of fused-ring (bicyclic) bond motifs is 1. The van der Waals surface area contributed by atoms with Gasteiger partial charge in [-0.25, -0.2) is 0 Å². The number of nitrogens with one attached hydrogen (secondary N) is 1. The zero-order chi connectivity index (χ0) is 19.1. The van der Waals surface area contributed by atoms with Gasteiger partial charge in [0.25, 0.3) is 0 Å². The molecule has 1 aromatic heterocycles. The SMILES string of the molecule is Cc1ccc(C(=O)c2oc3cc(NC(=O)C(C)(C)C)ccc3c2C)cc1. The predicted octanol–water partition coefficient (Wildman–Crippen LogP) is 5.27. The molecule has 1 heterocycles. The van der Waals surface area contributed by atoms with Gasteiger partial charge in [-0.05, 0) is 26.0 Å². The van der Waals surface area contributed by atoms with Gasteiger partial charge in [0, 0.05) is 33.7 Å². The molecule has 134 valence electrons. The fourth-order valence-corrected chi connectivity index (χ4v) is 2.67. The summed E-state index contributed by atoms with van der Waals surface area (Å²) in [7, 11) is 0. The third-order valence-electron chi connectivity index (χ3n) is 4.40. The zero-order valence-corrected chi connectivity index (χ0v) is 15.8. The normalized spacial score (nSPS) is 11.6. The molecule has 3 rings (SSSR count). The molecule has 26 heavy (non-hydrogen) atoms. The molecule has 0 aliphatic heterocycles. The van der Waals surface area contributed by atoms with E-state index in [-0.39, 0.29) is 11.7 Å². The summed E-state index contributed by atoms with van der Waals surface area (Å²) >= 11 is 0. The van der Waals surface area contributed by atoms with Gasteiger partial charge in [0.05, 0.1) is 0 Å². The molecule has 0 saturated carbocycles. The molecule has 0 radical (unpaired) electrons. The molecule has 0 saturated heterocycles. The van der Waals surface area contributed by atoms with E-state index in [0.29, 0.717) is 22.6 Å². The van der Waals surface area contributed by atoms with E-state index in [1.165, 1.54) is 0 Å². The molecular weight excluding hydrogens is 326 g/mol. The van der Waals surface area contributed by atoms with Gasteiger partial charge in [0.2, 0.25) is 11.7 Å². The van der Waals surface area contributed by atoms with Crippen LogP contribution in [0.1, 0.15) is 48.0 Å². The summed E-state index contributed by atoms with van der Waals surface area (Å²) in [5, 5.41) is 3.76. The standard InChI is InChI=1S/C22H23NO3/c1-13-6-8-15(9-7-13)19(24)20-14(2)17-11-10-16(12-18(17)26-20)23-21(25)22(3,4)5/h6-12H,1-5H3,(H,23,25). The first-order valence-electron chi connectivity index (χ1n) is 8.63. The van der Waals surface area contributed by atoms with Crippen LogP contribution in [0.25, 0.3) is 11.0 Å². The van der Waals surface area contributed by atoms with E-state index in [0.717, 1.165) is 16.5 Å². The molecule has 1 amide bonds. The summed E-state index contributed by atoms with van der Waals surface area (Å²) in [6.45, 7) is 9.43. The van der Waals surface area contributed by atoms with Crippen LogP contribution in [0, 0.1) is 19.3 Å². The number of hydrogen-bond donors (Lipinski definition) is 1. The van der Waals surface area contributed by atoms with Gasteiger partial charge < -0.3 is 9.73 Å². The molecular formula is C22H23NO3. The average Bonchev–Trinajstić information content (AvgIpc) is 2.90. The van der Waals surface area contributed by atoms with E-state index in [1.807, 2.05) is 58.9 Å². The van der Waals surface area contributed by atoms with Crippen molar-refractivity contribution in [1.29, 1.82) is 0 Å². The summed E-state index contributed by atoms with van der Waals surface area (Å²) in [6, 6.07) is 12.9. The summed E-state index contributed by atoms with van der Waals surface area (Å²) in [5.41, 5.74) is 3.26. The molecule has 4 nitrogen and oxygen atoms in total. The maximum absolute atomic E-state index is 12.8. The first kappa shape index (κ1) is 17.9. The topological polar surface area (TPSA) is 59.3 Å². The molecule has 0 bridgehead atoms. The lowest BCUT2D eigenvalue weighted by atomic mass is 9.95. The van der Waals surface area contributed by atoms with Crippen LogP contribution >= 0.6 is 0 Å². The predicted molar refractivity (Wildman–Crippen MR) is 104 cm³/mol. The van der Waals surface area contributed by atoms with Crippen molar-refractivity contribution in [3.8, 4) is 0 Å². The Labute approximate surface area is 153 Å². The van der Waals surface area contributed by atoms with Gasteiger partial charge in [-0.3, -0.25) is 9.59 Å². The number of benzene rings is 2. The quantitative estimate of drug-likeness (QED) is 0.656. The Hall–Kier alpha value is -2.88. The number of aryl methyl sites for hydroxylation is 2. The average molecular weight is 349 g/mol. The molecule has 0 spiro atoms. The number of ketones is 1. The smallest absolute Gasteiger partial charge is 0.229 e. The van der Waals surface area contributed by atoms with E-state index in [9.17, 15) is 9.59 Å². The fourth-order valence-electron chi connectivity index (χ4n) is 2.67. The zero-order valence-electron chi connectivity index (χ0n) is 15.8. The van der Waals surface area contributed by atoms with E-state index < -0.39 is 5.41 Å². The highest BCUT2D eigenvalue weighted by atomic mass is 16.3. The lowest BCUT2D eigenvalue weighted by Gasteiger charge is -2.17. The van der Waals surface area contributed by atoms with Crippen LogP contribution in [0.3, 0.4) is 0 Å². The lowest BCUT2D eigenvalue weighted by Crippen LogP contribution is -2.27. The maximum Gasteiger partial charge on any atom is 0.229 e. The van der Waals surface area contributed by atoms with E-state index in [1.54, 1.807) is 18.2 Å². The molecule has 2 aromatic carbocycles. The summed E-state index contributed by atoms with van der Waals surface area (Å²) in [4.78, 5) is 24.9. The van der Waals surface area contributed by atoms with Gasteiger partial charge >= 0.3 is 0 Å². The van der Waals surface area contributed by atoms with E-state index in [4.69, 9.17) is 4.42 Å². The second-order valence-electron chi connectivity index (χ2n) is 7.67. The molecule has 0 fully saturated rings. The van der Waals surface area contributed by atoms with Crippen molar-refractivity contribution in [3.05, 3.63) is 64.9 Å². The summed E-state index contributed by atoms with van der Waals surface area (Å²) in [5.74, 6) is 0.123. The number of furan rings is 1. The summed E-state index contributed by atoms with van der Waals surface area (Å²) in [6.07, 6.45) is 0. The highest BCUT2D eigenvalue weighted by molar-refractivity contribution is 6.10. The third kappa shape index (κ3) is 3.40. The van der Waals surface area contributed by atoms with Gasteiger partial charge in [-0.15, -0.1) is 0 Å². The van der Waals surface area contributed by atoms with E-state index in [2.05, 4.69) is 5.32 Å². The van der Waals surface area contributed by atoms with Crippen LogP contribution < -0.4 is 5.32 Å². The Morgan fingerprint density at radius 1 is 0.962 bits per heavy atom. The minimum absolute atomic E-state index is 0.0731. The van der Waals surface area contributed by atoms with Gasteiger partial charge in [-0.1, -0.05) is 50.6 Å². The van der Waals surface area contributed by atoms with Crippen molar-refractivity contribution in [1.82, 2.24) is 0 Å². The summed E-state index contributed by atoms with van der Waals surface area (Å²) < 4.78 is 5.85. The highest BCUT2D eigenvalue weighted by Gasteiger charge is 2.22. The van der Waals surface area contributed by atoms with Crippen molar-refractivity contribution < 1.29 is 14.0 Å². The number of anilines is 1. The van der Waals surface area contributed by atoms with E-state index >= 15 is 0 Å².